The van der Waals surface area contributed by atoms with Crippen molar-refractivity contribution in [2.24, 2.45) is 0 Å². The number of hydrogen-bond donors (Lipinski definition) is 2. The minimum Gasteiger partial charge on any atom is -0.478 e. The summed E-state index contributed by atoms with van der Waals surface area (Å²) in [6.07, 6.45) is 3.98. The van der Waals surface area contributed by atoms with Crippen molar-refractivity contribution in [3.63, 3.8) is 0 Å². The van der Waals surface area contributed by atoms with Crippen LogP contribution in [0, 0.1) is 0 Å². The van der Waals surface area contributed by atoms with Crippen LogP contribution in [-0.2, 0) is 11.2 Å². The van der Waals surface area contributed by atoms with Gasteiger partial charge in [-0.1, -0.05) is 54.6 Å². The van der Waals surface area contributed by atoms with Crippen LogP contribution >= 0.6 is 0 Å². The second-order valence-electron chi connectivity index (χ2n) is 7.00. The molecule has 0 radical (unpaired) electrons. The highest BCUT2D eigenvalue weighted by Gasteiger charge is 2.37. The van der Waals surface area contributed by atoms with Gasteiger partial charge in [0.25, 0.3) is 0 Å². The Morgan fingerprint density at radius 2 is 1.81 bits per heavy atom. The van der Waals surface area contributed by atoms with E-state index >= 15 is 0 Å². The lowest BCUT2D eigenvalue weighted by atomic mass is 9.81. The summed E-state index contributed by atoms with van der Waals surface area (Å²) in [5, 5.41) is 13.1. The van der Waals surface area contributed by atoms with E-state index in [1.54, 1.807) is 12.3 Å². The predicted octanol–water partition coefficient (Wildman–Crippen LogP) is 4.64. The maximum absolute atomic E-state index is 11.9. The number of aromatic nitrogens is 1. The first kappa shape index (κ1) is 17.0. The van der Waals surface area contributed by atoms with E-state index in [1.807, 2.05) is 49.4 Å². The molecule has 2 heterocycles. The van der Waals surface area contributed by atoms with Crippen LogP contribution in [0.2, 0.25) is 0 Å². The number of carboxylic acid groups (broad SMARTS) is 1. The number of aliphatic carboxylic acids is 1. The van der Waals surface area contributed by atoms with Gasteiger partial charge in [-0.2, -0.15) is 0 Å². The Labute approximate surface area is 158 Å². The van der Waals surface area contributed by atoms with Crippen molar-refractivity contribution in [1.82, 2.24) is 4.98 Å². The minimum absolute atomic E-state index is 0.341. The maximum atomic E-state index is 11.9. The molecule has 27 heavy (non-hydrogen) atoms. The second-order valence-corrected chi connectivity index (χ2v) is 7.00. The van der Waals surface area contributed by atoms with Crippen LogP contribution in [-0.4, -0.2) is 21.6 Å². The van der Waals surface area contributed by atoms with E-state index in [2.05, 4.69) is 34.6 Å². The molecular weight excluding hydrogens is 336 g/mol. The van der Waals surface area contributed by atoms with Crippen LogP contribution in [0.3, 0.4) is 0 Å². The van der Waals surface area contributed by atoms with Crippen LogP contribution in [0.25, 0.3) is 17.2 Å². The molecule has 0 saturated carbocycles. The third-order valence-electron chi connectivity index (χ3n) is 4.95. The molecule has 2 aromatic carbocycles. The fourth-order valence-corrected chi connectivity index (χ4v) is 3.62. The first-order valence-electron chi connectivity index (χ1n) is 8.88. The summed E-state index contributed by atoms with van der Waals surface area (Å²) in [5.41, 5.74) is 3.72. The van der Waals surface area contributed by atoms with Crippen molar-refractivity contribution in [3.05, 3.63) is 89.6 Å². The first-order valence-corrected chi connectivity index (χ1v) is 8.88. The maximum Gasteiger partial charge on any atom is 0.333 e. The highest BCUT2D eigenvalue weighted by molar-refractivity contribution is 5.98. The minimum atomic E-state index is -0.918. The third kappa shape index (κ3) is 3.34. The Kier molecular flexibility index (Phi) is 4.24. The monoisotopic (exact) mass is 356 g/mol. The number of hydrogen-bond acceptors (Lipinski definition) is 3. The van der Waals surface area contributed by atoms with Gasteiger partial charge in [0.05, 0.1) is 11.1 Å². The number of nitrogens with one attached hydrogen (secondary N) is 1. The van der Waals surface area contributed by atoms with Gasteiger partial charge < -0.3 is 10.4 Å². The smallest absolute Gasteiger partial charge is 0.333 e. The Balaban J connectivity index is 1.70. The van der Waals surface area contributed by atoms with E-state index in [1.165, 1.54) is 0 Å². The number of anilines is 1. The van der Waals surface area contributed by atoms with Gasteiger partial charge in [-0.05, 0) is 48.2 Å². The van der Waals surface area contributed by atoms with Crippen LogP contribution in [0.15, 0.2) is 78.5 Å². The summed E-state index contributed by atoms with van der Waals surface area (Å²) in [5.74, 6) is -0.206. The van der Waals surface area contributed by atoms with Crippen molar-refractivity contribution in [1.29, 1.82) is 0 Å². The zero-order chi connectivity index (χ0) is 18.9. The molecule has 1 unspecified atom stereocenters. The van der Waals surface area contributed by atoms with E-state index in [9.17, 15) is 9.90 Å². The molecule has 1 atom stereocenters. The van der Waals surface area contributed by atoms with Crippen molar-refractivity contribution in [2.45, 2.75) is 18.9 Å². The van der Waals surface area contributed by atoms with Crippen LogP contribution in [0.5, 0.6) is 0 Å². The molecule has 0 fully saturated rings. The Bertz CT molecular complexity index is 1030. The van der Waals surface area contributed by atoms with E-state index in [4.69, 9.17) is 0 Å². The first-order chi connectivity index (χ1) is 13.0. The van der Waals surface area contributed by atoms with Crippen molar-refractivity contribution >= 4 is 17.9 Å². The van der Waals surface area contributed by atoms with Gasteiger partial charge >= 0.3 is 5.97 Å². The number of carboxylic acids is 1. The summed E-state index contributed by atoms with van der Waals surface area (Å²) < 4.78 is 0. The van der Waals surface area contributed by atoms with Crippen LogP contribution < -0.4 is 5.32 Å². The summed E-state index contributed by atoms with van der Waals surface area (Å²) >= 11 is 0. The Morgan fingerprint density at radius 3 is 2.59 bits per heavy atom. The van der Waals surface area contributed by atoms with E-state index in [-0.39, 0.29) is 0 Å². The molecule has 1 aromatic heterocycles. The number of pyridine rings is 1. The summed E-state index contributed by atoms with van der Waals surface area (Å²) in [7, 11) is 0. The standard InChI is InChI=1S/C23H20N2O2/c1-23(20(22(26)27)14-19-11-6-12-24-21(19)25-23)15-16-7-5-10-18(13-16)17-8-3-2-4-9-17/h2-14H,15H2,1H3,(H,24,25)(H,26,27). The summed E-state index contributed by atoms with van der Waals surface area (Å²) in [6.45, 7) is 1.92. The summed E-state index contributed by atoms with van der Waals surface area (Å²) in [4.78, 5) is 16.3. The Hall–Kier alpha value is -3.40. The molecule has 0 saturated heterocycles. The normalized spacial score (nSPS) is 18.2. The molecule has 4 nitrogen and oxygen atoms in total. The highest BCUT2D eigenvalue weighted by Crippen LogP contribution is 2.35. The van der Waals surface area contributed by atoms with E-state index in [0.717, 1.165) is 22.3 Å². The molecule has 0 aliphatic carbocycles. The zero-order valence-electron chi connectivity index (χ0n) is 15.0. The van der Waals surface area contributed by atoms with Crippen LogP contribution in [0.4, 0.5) is 5.82 Å². The Morgan fingerprint density at radius 1 is 1.04 bits per heavy atom. The number of rotatable bonds is 4. The zero-order valence-corrected chi connectivity index (χ0v) is 15.0. The van der Waals surface area contributed by atoms with Crippen LogP contribution in [0.1, 0.15) is 18.1 Å². The third-order valence-corrected chi connectivity index (χ3v) is 4.95. The average Bonchev–Trinajstić information content (AvgIpc) is 2.68. The lowest BCUT2D eigenvalue weighted by Crippen LogP contribution is -2.44. The van der Waals surface area contributed by atoms with Gasteiger partial charge in [0.15, 0.2) is 0 Å². The van der Waals surface area contributed by atoms with Crippen molar-refractivity contribution < 1.29 is 9.90 Å². The SMILES string of the molecule is CC1(Cc2cccc(-c3ccccc3)c2)Nc2ncccc2C=C1C(=O)O. The molecule has 4 rings (SSSR count). The number of fused-ring (bicyclic) bond motifs is 1. The number of carbonyl (C=O) groups is 1. The number of nitrogens with zero attached hydrogens (tertiary/aromatic N) is 1. The van der Waals surface area contributed by atoms with Gasteiger partial charge in [0, 0.05) is 11.8 Å². The summed E-state index contributed by atoms with van der Waals surface area (Å²) in [6, 6.07) is 22.1. The molecule has 2 N–H and O–H groups in total. The predicted molar refractivity (Wildman–Crippen MR) is 107 cm³/mol. The molecular formula is C23H20N2O2. The number of benzene rings is 2. The molecule has 0 amide bonds. The van der Waals surface area contributed by atoms with E-state index in [0.29, 0.717) is 17.8 Å². The molecule has 4 heteroatoms. The molecule has 1 aliphatic rings. The van der Waals surface area contributed by atoms with Gasteiger partial charge in [-0.15, -0.1) is 0 Å². The fourth-order valence-electron chi connectivity index (χ4n) is 3.62. The highest BCUT2D eigenvalue weighted by atomic mass is 16.4. The lowest BCUT2D eigenvalue weighted by Gasteiger charge is -2.36. The van der Waals surface area contributed by atoms with Gasteiger partial charge in [-0.25, -0.2) is 9.78 Å². The molecule has 0 spiro atoms. The molecule has 3 aromatic rings. The van der Waals surface area contributed by atoms with E-state index < -0.39 is 11.5 Å². The molecule has 0 bridgehead atoms. The molecule has 134 valence electrons. The van der Waals surface area contributed by atoms with Gasteiger partial charge in [0.2, 0.25) is 0 Å². The van der Waals surface area contributed by atoms with Gasteiger partial charge in [-0.3, -0.25) is 0 Å². The quantitative estimate of drug-likeness (QED) is 0.715. The lowest BCUT2D eigenvalue weighted by molar-refractivity contribution is -0.133. The van der Waals surface area contributed by atoms with Crippen molar-refractivity contribution in [3.8, 4) is 11.1 Å². The van der Waals surface area contributed by atoms with Gasteiger partial charge in [0.1, 0.15) is 5.82 Å². The topological polar surface area (TPSA) is 62.2 Å². The molecule has 1 aliphatic heterocycles. The average molecular weight is 356 g/mol. The largest absolute Gasteiger partial charge is 0.478 e. The van der Waals surface area contributed by atoms with Crippen molar-refractivity contribution in [2.75, 3.05) is 5.32 Å². The fraction of sp³-hybridized carbons (Fsp3) is 0.130. The second kappa shape index (κ2) is 6.72.